The normalized spacial score (nSPS) is 14.7. The summed E-state index contributed by atoms with van der Waals surface area (Å²) in [5.41, 5.74) is 0.772. The van der Waals surface area contributed by atoms with Gasteiger partial charge >= 0.3 is 0 Å². The lowest BCUT2D eigenvalue weighted by Gasteiger charge is -2.05. The maximum absolute atomic E-state index is 11.4. The molecule has 1 aliphatic carbocycles. The quantitative estimate of drug-likeness (QED) is 0.788. The fourth-order valence-corrected chi connectivity index (χ4v) is 1.34. The highest BCUT2D eigenvalue weighted by Gasteiger charge is 2.29. The number of amides is 1. The molecule has 0 atom stereocenters. The molecule has 1 saturated carbocycles. The van der Waals surface area contributed by atoms with Gasteiger partial charge in [-0.15, -0.1) is 0 Å². The van der Waals surface area contributed by atoms with Crippen LogP contribution in [0.15, 0.2) is 18.3 Å². The third-order valence-corrected chi connectivity index (χ3v) is 2.34. The smallest absolute Gasteiger partial charge is 0.227 e. The number of aromatic nitrogens is 1. The number of nitrogens with zero attached hydrogens (tertiary/aromatic N) is 1. The summed E-state index contributed by atoms with van der Waals surface area (Å²) in [5.74, 6) is 1.19. The number of carbonyl (C=O) groups excluding carboxylic acids is 1. The third kappa shape index (κ3) is 2.68. The van der Waals surface area contributed by atoms with Crippen LogP contribution in [0.3, 0.4) is 0 Å². The minimum atomic E-state index is 0.119. The Balaban J connectivity index is 1.94. The van der Waals surface area contributed by atoms with Crippen molar-refractivity contribution in [2.24, 2.45) is 5.92 Å². The average molecular weight is 205 g/mol. The Morgan fingerprint density at radius 1 is 1.53 bits per heavy atom. The molecule has 1 amide bonds. The van der Waals surface area contributed by atoms with Gasteiger partial charge in [0, 0.05) is 12.5 Å². The Morgan fingerprint density at radius 2 is 2.33 bits per heavy atom. The molecule has 0 saturated heterocycles. The Bertz CT molecular complexity index is 343. The first-order valence-electron chi connectivity index (χ1n) is 5.30. The molecule has 1 aromatic heterocycles. The van der Waals surface area contributed by atoms with Crippen molar-refractivity contribution in [1.82, 2.24) is 4.98 Å². The molecule has 0 aliphatic heterocycles. The maximum atomic E-state index is 11.4. The van der Waals surface area contributed by atoms with E-state index in [4.69, 9.17) is 0 Å². The monoisotopic (exact) mass is 205 g/mol. The Labute approximate surface area is 89.1 Å². The van der Waals surface area contributed by atoms with E-state index in [1.54, 1.807) is 6.20 Å². The summed E-state index contributed by atoms with van der Waals surface area (Å²) in [4.78, 5) is 15.6. The number of hydrogen-bond acceptors (Lipinski definition) is 3. The van der Waals surface area contributed by atoms with Gasteiger partial charge < -0.3 is 10.6 Å². The van der Waals surface area contributed by atoms with Crippen LogP contribution >= 0.6 is 0 Å². The Kier molecular flexibility index (Phi) is 2.85. The highest BCUT2D eigenvalue weighted by molar-refractivity contribution is 5.93. The molecular formula is C11H15N3O. The summed E-state index contributed by atoms with van der Waals surface area (Å²) < 4.78 is 0. The maximum Gasteiger partial charge on any atom is 0.227 e. The van der Waals surface area contributed by atoms with E-state index in [0.29, 0.717) is 0 Å². The first-order valence-corrected chi connectivity index (χ1v) is 5.30. The van der Waals surface area contributed by atoms with Gasteiger partial charge in [-0.2, -0.15) is 0 Å². The van der Waals surface area contributed by atoms with Gasteiger partial charge in [0.15, 0.2) is 0 Å². The third-order valence-electron chi connectivity index (χ3n) is 2.34. The van der Waals surface area contributed by atoms with E-state index in [1.165, 1.54) is 0 Å². The lowest BCUT2D eigenvalue weighted by Crippen LogP contribution is -2.13. The molecule has 80 valence electrons. The standard InChI is InChI=1S/C11H15N3O/c1-2-12-10-6-5-9(7-13-10)14-11(15)8-3-4-8/h5-8H,2-4H2,1H3,(H,12,13)(H,14,15). The number of rotatable bonds is 4. The number of hydrogen-bond donors (Lipinski definition) is 2. The van der Waals surface area contributed by atoms with Crippen molar-refractivity contribution in [3.63, 3.8) is 0 Å². The van der Waals surface area contributed by atoms with E-state index in [1.807, 2.05) is 19.1 Å². The molecular weight excluding hydrogens is 190 g/mol. The van der Waals surface area contributed by atoms with Crippen LogP contribution in [0, 0.1) is 5.92 Å². The summed E-state index contributed by atoms with van der Waals surface area (Å²) >= 11 is 0. The zero-order chi connectivity index (χ0) is 10.7. The molecule has 1 fully saturated rings. The molecule has 1 aromatic rings. The summed E-state index contributed by atoms with van der Waals surface area (Å²) in [6.45, 7) is 2.87. The van der Waals surface area contributed by atoms with Crippen molar-refractivity contribution in [1.29, 1.82) is 0 Å². The molecule has 4 heteroatoms. The fraction of sp³-hybridized carbons (Fsp3) is 0.455. The van der Waals surface area contributed by atoms with Crippen LogP contribution in [0.25, 0.3) is 0 Å². The zero-order valence-electron chi connectivity index (χ0n) is 8.79. The van der Waals surface area contributed by atoms with Crippen LogP contribution in [0.1, 0.15) is 19.8 Å². The first-order chi connectivity index (χ1) is 7.29. The van der Waals surface area contributed by atoms with Crippen LogP contribution in [0.4, 0.5) is 11.5 Å². The molecule has 1 heterocycles. The minimum absolute atomic E-state index is 0.119. The van der Waals surface area contributed by atoms with E-state index >= 15 is 0 Å². The van der Waals surface area contributed by atoms with Gasteiger partial charge in [0.2, 0.25) is 5.91 Å². The topological polar surface area (TPSA) is 54.0 Å². The van der Waals surface area contributed by atoms with Crippen LogP contribution in [-0.2, 0) is 4.79 Å². The number of carbonyl (C=O) groups is 1. The Morgan fingerprint density at radius 3 is 2.87 bits per heavy atom. The van der Waals surface area contributed by atoms with Gasteiger partial charge in [-0.3, -0.25) is 4.79 Å². The van der Waals surface area contributed by atoms with Gasteiger partial charge in [0.1, 0.15) is 5.82 Å². The van der Waals surface area contributed by atoms with E-state index in [9.17, 15) is 4.79 Å². The molecule has 0 aromatic carbocycles. The molecule has 0 unspecified atom stereocenters. The lowest BCUT2D eigenvalue weighted by molar-refractivity contribution is -0.117. The first kappa shape index (κ1) is 9.96. The minimum Gasteiger partial charge on any atom is -0.370 e. The van der Waals surface area contributed by atoms with Crippen molar-refractivity contribution in [3.05, 3.63) is 18.3 Å². The molecule has 1 aliphatic rings. The van der Waals surface area contributed by atoms with Crippen molar-refractivity contribution in [3.8, 4) is 0 Å². The lowest BCUT2D eigenvalue weighted by atomic mass is 10.3. The fourth-order valence-electron chi connectivity index (χ4n) is 1.34. The average Bonchev–Trinajstić information content (AvgIpc) is 3.04. The van der Waals surface area contributed by atoms with Crippen LogP contribution in [0.5, 0.6) is 0 Å². The highest BCUT2D eigenvalue weighted by atomic mass is 16.2. The molecule has 15 heavy (non-hydrogen) atoms. The number of nitrogens with one attached hydrogen (secondary N) is 2. The molecule has 2 rings (SSSR count). The summed E-state index contributed by atoms with van der Waals surface area (Å²) in [7, 11) is 0. The molecule has 0 radical (unpaired) electrons. The highest BCUT2D eigenvalue weighted by Crippen LogP contribution is 2.30. The Hall–Kier alpha value is -1.58. The van der Waals surface area contributed by atoms with E-state index in [0.717, 1.165) is 30.9 Å². The van der Waals surface area contributed by atoms with E-state index in [-0.39, 0.29) is 11.8 Å². The van der Waals surface area contributed by atoms with Gasteiger partial charge in [-0.25, -0.2) is 4.98 Å². The van der Waals surface area contributed by atoms with Gasteiger partial charge in [-0.1, -0.05) is 0 Å². The van der Waals surface area contributed by atoms with Crippen molar-refractivity contribution in [2.75, 3.05) is 17.2 Å². The summed E-state index contributed by atoms with van der Waals surface area (Å²) in [5, 5.41) is 5.94. The zero-order valence-corrected chi connectivity index (χ0v) is 8.79. The van der Waals surface area contributed by atoms with Crippen molar-refractivity contribution in [2.45, 2.75) is 19.8 Å². The second-order valence-corrected chi connectivity index (χ2v) is 3.73. The second-order valence-electron chi connectivity index (χ2n) is 3.73. The predicted octanol–water partition coefficient (Wildman–Crippen LogP) is 1.86. The van der Waals surface area contributed by atoms with Crippen LogP contribution in [-0.4, -0.2) is 17.4 Å². The van der Waals surface area contributed by atoms with Gasteiger partial charge in [0.05, 0.1) is 11.9 Å². The van der Waals surface area contributed by atoms with Gasteiger partial charge in [0.25, 0.3) is 0 Å². The molecule has 2 N–H and O–H groups in total. The summed E-state index contributed by atoms with van der Waals surface area (Å²) in [6.07, 6.45) is 3.72. The van der Waals surface area contributed by atoms with Crippen molar-refractivity contribution < 1.29 is 4.79 Å². The van der Waals surface area contributed by atoms with Gasteiger partial charge in [-0.05, 0) is 31.9 Å². The number of anilines is 2. The molecule has 0 bridgehead atoms. The molecule has 4 nitrogen and oxygen atoms in total. The SMILES string of the molecule is CCNc1ccc(NC(=O)C2CC2)cn1. The largest absolute Gasteiger partial charge is 0.370 e. The van der Waals surface area contributed by atoms with E-state index in [2.05, 4.69) is 15.6 Å². The molecule has 0 spiro atoms. The second kappa shape index (κ2) is 4.29. The van der Waals surface area contributed by atoms with Crippen LogP contribution in [0.2, 0.25) is 0 Å². The van der Waals surface area contributed by atoms with E-state index < -0.39 is 0 Å². The predicted molar refractivity (Wildman–Crippen MR) is 59.8 cm³/mol. The summed E-state index contributed by atoms with van der Waals surface area (Å²) in [6, 6.07) is 3.73. The van der Waals surface area contributed by atoms with Crippen molar-refractivity contribution >= 4 is 17.4 Å². The van der Waals surface area contributed by atoms with Crippen LogP contribution < -0.4 is 10.6 Å². The number of pyridine rings is 1.